The molecule has 2 saturated carbocycles. The van der Waals surface area contributed by atoms with Crippen LogP contribution in [-0.2, 0) is 0 Å². The first-order chi connectivity index (χ1) is 4.30. The Morgan fingerprint density at radius 2 is 2.22 bits per heavy atom. The number of rotatable bonds is 0. The van der Waals surface area contributed by atoms with E-state index in [0.717, 1.165) is 17.8 Å². The van der Waals surface area contributed by atoms with Crippen molar-refractivity contribution in [2.45, 2.75) is 26.2 Å². The van der Waals surface area contributed by atoms with Gasteiger partial charge >= 0.3 is 0 Å². The van der Waals surface area contributed by atoms with E-state index in [2.05, 4.69) is 13.5 Å². The maximum Gasteiger partial charge on any atom is -0.0169 e. The molecule has 0 spiro atoms. The Kier molecular flexibility index (Phi) is 0.992. The van der Waals surface area contributed by atoms with Gasteiger partial charge in [-0.05, 0) is 30.6 Å². The summed E-state index contributed by atoms with van der Waals surface area (Å²) in [5, 5.41) is 0. The zero-order valence-electron chi connectivity index (χ0n) is 6.06. The van der Waals surface area contributed by atoms with Gasteiger partial charge in [-0.2, -0.15) is 0 Å². The summed E-state index contributed by atoms with van der Waals surface area (Å²) in [6.45, 7) is 6.41. The number of fused-ring (bicyclic) bond motifs is 1. The average Bonchev–Trinajstić information content (AvgIpc) is 2.30. The third kappa shape index (κ3) is 0.540. The fraction of sp³-hybridized carbons (Fsp3) is 0.778. The lowest BCUT2D eigenvalue weighted by molar-refractivity contribution is 0.226. The molecule has 0 heterocycles. The van der Waals surface area contributed by atoms with Crippen molar-refractivity contribution >= 4 is 0 Å². The van der Waals surface area contributed by atoms with Gasteiger partial charge in [0.1, 0.15) is 0 Å². The van der Waals surface area contributed by atoms with Crippen molar-refractivity contribution in [3.05, 3.63) is 12.2 Å². The molecule has 0 N–H and O–H groups in total. The fourth-order valence-corrected chi connectivity index (χ4v) is 2.54. The van der Waals surface area contributed by atoms with E-state index in [4.69, 9.17) is 0 Å². The van der Waals surface area contributed by atoms with Crippen LogP contribution < -0.4 is 0 Å². The van der Waals surface area contributed by atoms with Crippen LogP contribution in [0.25, 0.3) is 0 Å². The Hall–Kier alpha value is -0.260. The Balaban J connectivity index is 2.14. The quantitative estimate of drug-likeness (QED) is 0.433. The lowest BCUT2D eigenvalue weighted by Crippen LogP contribution is -2.32. The standard InChI is InChI=1S/C9H14/c1-6-7(2)9-5-3-4-8(6)9/h7-9H,1,3-5H2,2H3. The highest BCUT2D eigenvalue weighted by Crippen LogP contribution is 2.53. The fourth-order valence-electron chi connectivity index (χ4n) is 2.54. The van der Waals surface area contributed by atoms with Crippen molar-refractivity contribution in [1.29, 1.82) is 0 Å². The maximum atomic E-state index is 4.08. The van der Waals surface area contributed by atoms with Gasteiger partial charge in [0.15, 0.2) is 0 Å². The number of hydrogen-bond donors (Lipinski definition) is 0. The van der Waals surface area contributed by atoms with Crippen LogP contribution in [0.4, 0.5) is 0 Å². The smallest absolute Gasteiger partial charge is 0.0169 e. The third-order valence-corrected chi connectivity index (χ3v) is 3.27. The first-order valence-electron chi connectivity index (χ1n) is 3.99. The summed E-state index contributed by atoms with van der Waals surface area (Å²) in [6.07, 6.45) is 4.37. The molecule has 0 radical (unpaired) electrons. The van der Waals surface area contributed by atoms with Crippen molar-refractivity contribution in [2.24, 2.45) is 17.8 Å². The van der Waals surface area contributed by atoms with E-state index in [1.807, 2.05) is 0 Å². The Morgan fingerprint density at radius 1 is 1.44 bits per heavy atom. The van der Waals surface area contributed by atoms with Gasteiger partial charge in [-0.1, -0.05) is 25.5 Å². The molecule has 3 atom stereocenters. The summed E-state index contributed by atoms with van der Waals surface area (Å²) in [5.41, 5.74) is 1.54. The molecule has 0 aromatic carbocycles. The van der Waals surface area contributed by atoms with Crippen molar-refractivity contribution in [2.75, 3.05) is 0 Å². The number of allylic oxidation sites excluding steroid dienone is 1. The molecule has 0 aliphatic heterocycles. The van der Waals surface area contributed by atoms with Gasteiger partial charge in [-0.3, -0.25) is 0 Å². The van der Waals surface area contributed by atoms with E-state index < -0.39 is 0 Å². The maximum absolute atomic E-state index is 4.08. The lowest BCUT2D eigenvalue weighted by Gasteiger charge is -2.41. The lowest BCUT2D eigenvalue weighted by atomic mass is 9.64. The van der Waals surface area contributed by atoms with Gasteiger partial charge in [0.25, 0.3) is 0 Å². The second kappa shape index (κ2) is 1.62. The molecule has 50 valence electrons. The van der Waals surface area contributed by atoms with Gasteiger partial charge in [0, 0.05) is 0 Å². The second-order valence-electron chi connectivity index (χ2n) is 3.56. The Morgan fingerprint density at radius 3 is 2.89 bits per heavy atom. The van der Waals surface area contributed by atoms with Crippen LogP contribution in [-0.4, -0.2) is 0 Å². The average molecular weight is 122 g/mol. The van der Waals surface area contributed by atoms with E-state index in [1.165, 1.54) is 24.8 Å². The Labute approximate surface area is 57.0 Å². The summed E-state index contributed by atoms with van der Waals surface area (Å²) < 4.78 is 0. The van der Waals surface area contributed by atoms with Crippen LogP contribution in [0.5, 0.6) is 0 Å². The summed E-state index contributed by atoms with van der Waals surface area (Å²) in [6, 6.07) is 0. The van der Waals surface area contributed by atoms with Crippen LogP contribution in [0, 0.1) is 17.8 Å². The first-order valence-corrected chi connectivity index (χ1v) is 3.99. The molecule has 2 aliphatic carbocycles. The van der Waals surface area contributed by atoms with Gasteiger partial charge in [0.05, 0.1) is 0 Å². The van der Waals surface area contributed by atoms with Crippen LogP contribution in [0.15, 0.2) is 12.2 Å². The predicted molar refractivity (Wildman–Crippen MR) is 39.1 cm³/mol. The molecule has 2 rings (SSSR count). The van der Waals surface area contributed by atoms with Gasteiger partial charge in [0.2, 0.25) is 0 Å². The molecule has 3 unspecified atom stereocenters. The topological polar surface area (TPSA) is 0 Å². The van der Waals surface area contributed by atoms with Crippen LogP contribution >= 0.6 is 0 Å². The van der Waals surface area contributed by atoms with Crippen molar-refractivity contribution in [1.82, 2.24) is 0 Å². The van der Waals surface area contributed by atoms with Crippen LogP contribution in [0.1, 0.15) is 26.2 Å². The van der Waals surface area contributed by atoms with E-state index in [-0.39, 0.29) is 0 Å². The normalized spacial score (nSPS) is 48.6. The van der Waals surface area contributed by atoms with E-state index in [0.29, 0.717) is 0 Å². The SMILES string of the molecule is C=C1C(C)C2CCCC12. The molecule has 0 amide bonds. The Bertz CT molecular complexity index is 146. The largest absolute Gasteiger partial charge is 0.0993 e. The highest BCUT2D eigenvalue weighted by Gasteiger charge is 2.43. The number of hydrogen-bond acceptors (Lipinski definition) is 0. The highest BCUT2D eigenvalue weighted by molar-refractivity contribution is 5.20. The van der Waals surface area contributed by atoms with E-state index >= 15 is 0 Å². The van der Waals surface area contributed by atoms with Gasteiger partial charge in [-0.25, -0.2) is 0 Å². The monoisotopic (exact) mass is 122 g/mol. The molecular formula is C9H14. The summed E-state index contributed by atoms with van der Waals surface area (Å²) >= 11 is 0. The van der Waals surface area contributed by atoms with Crippen molar-refractivity contribution in [3.8, 4) is 0 Å². The minimum absolute atomic E-state index is 0.859. The van der Waals surface area contributed by atoms with Crippen LogP contribution in [0.2, 0.25) is 0 Å². The van der Waals surface area contributed by atoms with E-state index in [1.54, 1.807) is 0 Å². The zero-order chi connectivity index (χ0) is 6.43. The zero-order valence-corrected chi connectivity index (χ0v) is 6.06. The molecule has 2 aliphatic rings. The van der Waals surface area contributed by atoms with Crippen molar-refractivity contribution in [3.63, 3.8) is 0 Å². The molecule has 0 saturated heterocycles. The molecule has 0 nitrogen and oxygen atoms in total. The molecule has 0 bridgehead atoms. The highest BCUT2D eigenvalue weighted by atomic mass is 14.5. The summed E-state index contributed by atoms with van der Waals surface area (Å²) in [4.78, 5) is 0. The van der Waals surface area contributed by atoms with Crippen molar-refractivity contribution < 1.29 is 0 Å². The molecule has 0 aromatic rings. The molecule has 0 aromatic heterocycles. The second-order valence-corrected chi connectivity index (χ2v) is 3.56. The first kappa shape index (κ1) is 5.52. The minimum Gasteiger partial charge on any atom is -0.0993 e. The van der Waals surface area contributed by atoms with Crippen LogP contribution in [0.3, 0.4) is 0 Å². The van der Waals surface area contributed by atoms with E-state index in [9.17, 15) is 0 Å². The third-order valence-electron chi connectivity index (χ3n) is 3.27. The van der Waals surface area contributed by atoms with Gasteiger partial charge < -0.3 is 0 Å². The summed E-state index contributed by atoms with van der Waals surface area (Å²) in [7, 11) is 0. The molecule has 0 heteroatoms. The van der Waals surface area contributed by atoms with Gasteiger partial charge in [-0.15, -0.1) is 0 Å². The molecule has 2 fully saturated rings. The predicted octanol–water partition coefficient (Wildman–Crippen LogP) is 2.61. The minimum atomic E-state index is 0.859. The summed E-state index contributed by atoms with van der Waals surface area (Å²) in [5.74, 6) is 2.84. The molecule has 9 heavy (non-hydrogen) atoms. The molecular weight excluding hydrogens is 108 g/mol.